The zero-order valence-corrected chi connectivity index (χ0v) is 18.8. The molecule has 0 atom stereocenters. The highest BCUT2D eigenvalue weighted by Crippen LogP contribution is 2.34. The van der Waals surface area contributed by atoms with Crippen molar-refractivity contribution in [3.05, 3.63) is 56.4 Å². The Morgan fingerprint density at radius 3 is 2.48 bits per heavy atom. The average Bonchev–Trinajstić information content (AvgIpc) is 3.49. The number of ether oxygens (including phenoxy) is 3. The molecule has 0 saturated carbocycles. The van der Waals surface area contributed by atoms with E-state index < -0.39 is 29.3 Å². The van der Waals surface area contributed by atoms with Gasteiger partial charge in [0.05, 0.1) is 35.3 Å². The van der Waals surface area contributed by atoms with Crippen molar-refractivity contribution in [2.24, 2.45) is 0 Å². The van der Waals surface area contributed by atoms with E-state index in [0.717, 1.165) is 6.20 Å². The summed E-state index contributed by atoms with van der Waals surface area (Å²) in [7, 11) is 2.77. The van der Waals surface area contributed by atoms with Gasteiger partial charge in [-0.2, -0.15) is 0 Å². The first-order valence-corrected chi connectivity index (χ1v) is 10.7. The number of benzene rings is 1. The number of nitrogens with one attached hydrogen (secondary N) is 2. The predicted octanol–water partition coefficient (Wildman–Crippen LogP) is 3.18. The summed E-state index contributed by atoms with van der Waals surface area (Å²) in [5.74, 6) is -1.65. The molecule has 33 heavy (non-hydrogen) atoms. The van der Waals surface area contributed by atoms with Crippen molar-refractivity contribution in [3.63, 3.8) is 0 Å². The third-order valence-corrected chi connectivity index (χ3v) is 5.72. The number of nitrogens with zero attached hydrogens (tertiary/aromatic N) is 2. The van der Waals surface area contributed by atoms with E-state index in [9.17, 15) is 24.5 Å². The lowest BCUT2D eigenvalue weighted by Crippen LogP contribution is -2.22. The second-order valence-electron chi connectivity index (χ2n) is 6.07. The van der Waals surface area contributed by atoms with E-state index in [0.29, 0.717) is 16.2 Å². The first-order chi connectivity index (χ1) is 15.8. The maximum atomic E-state index is 12.7. The quantitative estimate of drug-likeness (QED) is 0.260. The predicted molar refractivity (Wildman–Crippen MR) is 119 cm³/mol. The van der Waals surface area contributed by atoms with E-state index in [1.807, 2.05) is 0 Å². The lowest BCUT2D eigenvalue weighted by molar-refractivity contribution is -0.380. The normalized spacial score (nSPS) is 10.2. The number of anilines is 2. The number of carbonyl (C=O) groups excluding carboxylic acids is 3. The van der Waals surface area contributed by atoms with Gasteiger partial charge in [0.15, 0.2) is 23.2 Å². The third-order valence-electron chi connectivity index (χ3n) is 3.99. The van der Waals surface area contributed by atoms with E-state index in [1.165, 1.54) is 37.7 Å². The number of hydrogen-bond donors (Lipinski definition) is 2. The van der Waals surface area contributed by atoms with Gasteiger partial charge in [0, 0.05) is 12.1 Å². The van der Waals surface area contributed by atoms with Gasteiger partial charge in [-0.25, -0.2) is 9.78 Å². The fraction of sp³-hybridized carbons (Fsp3) is 0.158. The van der Waals surface area contributed by atoms with Crippen LogP contribution in [-0.2, 0) is 9.53 Å². The number of rotatable bonds is 9. The van der Waals surface area contributed by atoms with Gasteiger partial charge in [-0.15, -0.1) is 11.3 Å². The van der Waals surface area contributed by atoms with Crippen LogP contribution in [0.3, 0.4) is 0 Å². The van der Waals surface area contributed by atoms with Crippen LogP contribution in [-0.4, -0.2) is 48.5 Å². The molecule has 0 unspecified atom stereocenters. The van der Waals surface area contributed by atoms with Gasteiger partial charge in [0.25, 0.3) is 11.8 Å². The summed E-state index contributed by atoms with van der Waals surface area (Å²) in [5.41, 5.74) is 0.0160. The van der Waals surface area contributed by atoms with Crippen LogP contribution in [0.4, 0.5) is 15.8 Å². The van der Waals surface area contributed by atoms with Gasteiger partial charge in [0.1, 0.15) is 6.20 Å². The van der Waals surface area contributed by atoms with Gasteiger partial charge in [0.2, 0.25) is 0 Å². The number of thiophene rings is 1. The number of esters is 1. The number of carbonyl (C=O) groups is 3. The van der Waals surface area contributed by atoms with Crippen molar-refractivity contribution in [1.29, 1.82) is 0 Å². The van der Waals surface area contributed by atoms with E-state index in [2.05, 4.69) is 15.6 Å². The summed E-state index contributed by atoms with van der Waals surface area (Å²) in [4.78, 5) is 51.4. The molecule has 0 aliphatic rings. The Morgan fingerprint density at radius 2 is 1.88 bits per heavy atom. The molecule has 3 rings (SSSR count). The molecule has 0 aliphatic carbocycles. The van der Waals surface area contributed by atoms with Crippen LogP contribution in [0, 0.1) is 10.1 Å². The minimum atomic E-state index is -0.919. The molecule has 2 aromatic heterocycles. The van der Waals surface area contributed by atoms with Crippen molar-refractivity contribution in [2.75, 3.05) is 31.5 Å². The Bertz CT molecular complexity index is 1190. The average molecular weight is 492 g/mol. The van der Waals surface area contributed by atoms with E-state index in [1.54, 1.807) is 17.5 Å². The lowest BCUT2D eigenvalue weighted by Gasteiger charge is -2.15. The monoisotopic (exact) mass is 492 g/mol. The van der Waals surface area contributed by atoms with Gasteiger partial charge in [-0.05, 0) is 22.8 Å². The number of hydrogen-bond acceptors (Lipinski definition) is 11. The smallest absolute Gasteiger partial charge is 0.345 e. The van der Waals surface area contributed by atoms with Crippen molar-refractivity contribution >= 4 is 56.3 Å². The maximum absolute atomic E-state index is 12.7. The summed E-state index contributed by atoms with van der Waals surface area (Å²) in [6, 6.07) is 6.04. The van der Waals surface area contributed by atoms with Crippen molar-refractivity contribution < 1.29 is 33.5 Å². The first kappa shape index (κ1) is 23.6. The molecule has 0 fully saturated rings. The summed E-state index contributed by atoms with van der Waals surface area (Å²) in [6.45, 7) is -0.696. The van der Waals surface area contributed by atoms with Crippen LogP contribution in [0.15, 0.2) is 35.8 Å². The van der Waals surface area contributed by atoms with Gasteiger partial charge in [-0.3, -0.25) is 25.0 Å². The van der Waals surface area contributed by atoms with E-state index >= 15 is 0 Å². The highest BCUT2D eigenvalue weighted by molar-refractivity contribution is 7.18. The topological polar surface area (TPSA) is 159 Å². The number of methoxy groups -OCH3 is 2. The number of nitro groups is 1. The maximum Gasteiger partial charge on any atom is 0.345 e. The van der Waals surface area contributed by atoms with Crippen LogP contribution in [0.1, 0.15) is 20.0 Å². The third kappa shape index (κ3) is 5.81. The van der Waals surface area contributed by atoms with Crippen LogP contribution in [0.25, 0.3) is 0 Å². The number of amides is 2. The molecule has 14 heteroatoms. The SMILES string of the molecule is COc1cc(NC(=O)c2cccs2)c(C(=O)OCC(=O)Nc2ncc([N+](=O)[O-])s2)cc1OC. The molecule has 2 N–H and O–H groups in total. The standard InChI is InChI=1S/C19H16N4O8S2/c1-29-12-6-10(11(7-13(12)30-2)21-17(25)14-4-3-5-32-14)18(26)31-9-15(24)22-19-20-8-16(33-19)23(27)28/h3-8H,9H2,1-2H3,(H,21,25)(H,20,22,24). The lowest BCUT2D eigenvalue weighted by atomic mass is 10.1. The van der Waals surface area contributed by atoms with Crippen molar-refractivity contribution in [2.45, 2.75) is 0 Å². The largest absolute Gasteiger partial charge is 0.493 e. The Kier molecular flexibility index (Phi) is 7.53. The Balaban J connectivity index is 1.74. The van der Waals surface area contributed by atoms with Crippen LogP contribution < -0.4 is 20.1 Å². The fourth-order valence-corrected chi connectivity index (χ4v) is 3.78. The van der Waals surface area contributed by atoms with Crippen molar-refractivity contribution in [3.8, 4) is 11.5 Å². The Labute approximate surface area is 194 Å². The molecule has 0 aliphatic heterocycles. The summed E-state index contributed by atoms with van der Waals surface area (Å²) >= 11 is 1.87. The van der Waals surface area contributed by atoms with Crippen LogP contribution in [0.2, 0.25) is 0 Å². The van der Waals surface area contributed by atoms with Gasteiger partial charge >= 0.3 is 11.0 Å². The minimum absolute atomic E-state index is 0.0160. The molecule has 3 aromatic rings. The van der Waals surface area contributed by atoms with Crippen molar-refractivity contribution in [1.82, 2.24) is 4.98 Å². The molecule has 12 nitrogen and oxygen atoms in total. The highest BCUT2D eigenvalue weighted by atomic mass is 32.1. The molecular formula is C19H16N4O8S2. The molecule has 1 aromatic carbocycles. The fourth-order valence-electron chi connectivity index (χ4n) is 2.51. The molecule has 0 bridgehead atoms. The molecular weight excluding hydrogens is 476 g/mol. The summed E-state index contributed by atoms with van der Waals surface area (Å²) in [5, 5.41) is 17.1. The van der Waals surface area contributed by atoms with Crippen LogP contribution >= 0.6 is 22.7 Å². The van der Waals surface area contributed by atoms with Gasteiger partial charge in [-0.1, -0.05) is 6.07 Å². The van der Waals surface area contributed by atoms with Gasteiger partial charge < -0.3 is 19.5 Å². The molecule has 2 heterocycles. The summed E-state index contributed by atoms with van der Waals surface area (Å²) in [6.07, 6.45) is 0.998. The number of aromatic nitrogens is 1. The molecule has 172 valence electrons. The summed E-state index contributed by atoms with van der Waals surface area (Å²) < 4.78 is 15.5. The molecule has 0 saturated heterocycles. The van der Waals surface area contributed by atoms with E-state index in [4.69, 9.17) is 14.2 Å². The Morgan fingerprint density at radius 1 is 1.15 bits per heavy atom. The molecule has 0 radical (unpaired) electrons. The second-order valence-corrected chi connectivity index (χ2v) is 8.03. The number of thiazole rings is 1. The second kappa shape index (κ2) is 10.5. The highest BCUT2D eigenvalue weighted by Gasteiger charge is 2.22. The zero-order chi connectivity index (χ0) is 24.0. The first-order valence-electron chi connectivity index (χ1n) is 9.00. The van der Waals surface area contributed by atoms with E-state index in [-0.39, 0.29) is 32.9 Å². The molecule has 0 spiro atoms. The van der Waals surface area contributed by atoms with Crippen LogP contribution in [0.5, 0.6) is 11.5 Å². The molecule has 2 amide bonds. The minimum Gasteiger partial charge on any atom is -0.493 e. The zero-order valence-electron chi connectivity index (χ0n) is 17.1. The Hall–Kier alpha value is -4.04.